The van der Waals surface area contributed by atoms with E-state index in [-0.39, 0.29) is 12.4 Å². The molecule has 5 rings (SSSR count). The number of nitriles is 1. The van der Waals surface area contributed by atoms with Crippen LogP contribution in [0.2, 0.25) is 0 Å². The first-order valence-corrected chi connectivity index (χ1v) is 9.90. The Morgan fingerprint density at radius 1 is 1.00 bits per heavy atom. The lowest BCUT2D eigenvalue weighted by molar-refractivity contribution is 0.305. The third-order valence-electron chi connectivity index (χ3n) is 5.09. The molecule has 0 aliphatic heterocycles. The van der Waals surface area contributed by atoms with Gasteiger partial charge in [0.25, 0.3) is 0 Å². The predicted octanol–water partition coefficient (Wildman–Crippen LogP) is 6.15. The molecule has 154 valence electrons. The molecule has 0 bridgehead atoms. The van der Waals surface area contributed by atoms with Crippen LogP contribution >= 0.6 is 0 Å². The number of ether oxygens (including phenoxy) is 1. The molecule has 0 saturated heterocycles. The van der Waals surface area contributed by atoms with Gasteiger partial charge in [0, 0.05) is 35.0 Å². The highest BCUT2D eigenvalue weighted by Gasteiger charge is 2.11. The number of furan rings is 1. The number of benzene rings is 2. The van der Waals surface area contributed by atoms with E-state index in [2.05, 4.69) is 16.0 Å². The highest BCUT2D eigenvalue weighted by molar-refractivity contribution is 5.95. The summed E-state index contributed by atoms with van der Waals surface area (Å²) in [6.45, 7) is 0.228. The number of hydrogen-bond acceptors (Lipinski definition) is 5. The summed E-state index contributed by atoms with van der Waals surface area (Å²) >= 11 is 0. The normalized spacial score (nSPS) is 10.8. The molecule has 0 aliphatic rings. The van der Waals surface area contributed by atoms with E-state index in [9.17, 15) is 9.65 Å². The van der Waals surface area contributed by atoms with E-state index in [0.29, 0.717) is 22.5 Å². The smallest absolute Gasteiger partial charge is 0.141 e. The van der Waals surface area contributed by atoms with E-state index in [0.717, 1.165) is 27.6 Å². The predicted molar refractivity (Wildman–Crippen MR) is 118 cm³/mol. The van der Waals surface area contributed by atoms with Crippen LogP contribution in [-0.2, 0) is 6.61 Å². The molecule has 3 heterocycles. The molecular weight excluding hydrogens is 405 g/mol. The van der Waals surface area contributed by atoms with Crippen LogP contribution in [-0.4, -0.2) is 9.97 Å². The zero-order valence-electron chi connectivity index (χ0n) is 16.8. The summed E-state index contributed by atoms with van der Waals surface area (Å²) in [5.74, 6) is 0.0340. The van der Waals surface area contributed by atoms with Crippen molar-refractivity contribution in [3.05, 3.63) is 103 Å². The van der Waals surface area contributed by atoms with Crippen molar-refractivity contribution in [2.75, 3.05) is 0 Å². The second-order valence-corrected chi connectivity index (χ2v) is 7.24. The monoisotopic (exact) mass is 421 g/mol. The molecule has 0 unspecified atom stereocenters. The van der Waals surface area contributed by atoms with Gasteiger partial charge < -0.3 is 9.15 Å². The molecule has 5 nitrogen and oxygen atoms in total. The first-order chi connectivity index (χ1) is 15.7. The van der Waals surface area contributed by atoms with Crippen molar-refractivity contribution in [2.45, 2.75) is 6.61 Å². The first kappa shape index (κ1) is 19.5. The van der Waals surface area contributed by atoms with E-state index in [4.69, 9.17) is 9.15 Å². The number of pyridine rings is 2. The maximum Gasteiger partial charge on any atom is 0.141 e. The Balaban J connectivity index is 1.44. The van der Waals surface area contributed by atoms with Gasteiger partial charge in [-0.2, -0.15) is 5.26 Å². The van der Waals surface area contributed by atoms with Crippen molar-refractivity contribution in [3.8, 4) is 34.1 Å². The fraction of sp³-hybridized carbons (Fsp3) is 0.0385. The second kappa shape index (κ2) is 8.32. The Morgan fingerprint density at radius 2 is 1.94 bits per heavy atom. The number of aromatic nitrogens is 2. The van der Waals surface area contributed by atoms with Crippen LogP contribution in [0.15, 0.2) is 90.0 Å². The van der Waals surface area contributed by atoms with Crippen LogP contribution in [0, 0.1) is 17.1 Å². The number of nitrogens with zero attached hydrogens (tertiary/aromatic N) is 3. The average molecular weight is 421 g/mol. The third-order valence-corrected chi connectivity index (χ3v) is 5.09. The Hall–Kier alpha value is -4.50. The zero-order valence-corrected chi connectivity index (χ0v) is 16.8. The largest absolute Gasteiger partial charge is 0.489 e. The fourth-order valence-electron chi connectivity index (χ4n) is 3.59. The maximum atomic E-state index is 14.2. The van der Waals surface area contributed by atoms with Crippen molar-refractivity contribution in [2.24, 2.45) is 0 Å². The summed E-state index contributed by atoms with van der Waals surface area (Å²) < 4.78 is 25.2. The summed E-state index contributed by atoms with van der Waals surface area (Å²) in [5, 5.41) is 10.3. The molecule has 2 aromatic carbocycles. The van der Waals surface area contributed by atoms with Crippen LogP contribution in [0.3, 0.4) is 0 Å². The molecule has 3 aromatic heterocycles. The maximum absolute atomic E-state index is 14.2. The zero-order chi connectivity index (χ0) is 21.9. The van der Waals surface area contributed by atoms with E-state index >= 15 is 0 Å². The molecule has 0 radical (unpaired) electrons. The Labute approximate surface area is 183 Å². The van der Waals surface area contributed by atoms with Gasteiger partial charge in [-0.05, 0) is 53.1 Å². The van der Waals surface area contributed by atoms with Crippen LogP contribution in [0.1, 0.15) is 11.3 Å². The standard InChI is InChI=1S/C26H16FN3O2/c27-21-9-20(18-2-1-6-29-14-18)10-23(11-21)32-15-17-3-4-24-25(19-5-7-31-16-19)12-22(13-28)30-26(24)8-17/h1-12,14,16H,15H2. The summed E-state index contributed by atoms with van der Waals surface area (Å²) in [5.41, 5.74) is 5.10. The molecule has 0 N–H and O–H groups in total. The van der Waals surface area contributed by atoms with Gasteiger partial charge in [0.15, 0.2) is 0 Å². The molecule has 0 saturated carbocycles. The number of fused-ring (bicyclic) bond motifs is 1. The van der Waals surface area contributed by atoms with Gasteiger partial charge in [-0.3, -0.25) is 4.98 Å². The van der Waals surface area contributed by atoms with Gasteiger partial charge in [0.2, 0.25) is 0 Å². The van der Waals surface area contributed by atoms with Crippen LogP contribution in [0.25, 0.3) is 33.2 Å². The van der Waals surface area contributed by atoms with Crippen LogP contribution < -0.4 is 4.74 Å². The minimum absolute atomic E-state index is 0.228. The quantitative estimate of drug-likeness (QED) is 0.340. The molecule has 0 spiro atoms. The van der Waals surface area contributed by atoms with Gasteiger partial charge in [-0.25, -0.2) is 9.37 Å². The van der Waals surface area contributed by atoms with E-state index in [1.807, 2.05) is 30.3 Å². The molecule has 0 amide bonds. The van der Waals surface area contributed by atoms with Crippen molar-refractivity contribution in [1.82, 2.24) is 9.97 Å². The Bertz CT molecular complexity index is 1440. The highest BCUT2D eigenvalue weighted by Crippen LogP contribution is 2.30. The minimum atomic E-state index is -0.384. The molecular formula is C26H16FN3O2. The topological polar surface area (TPSA) is 71.9 Å². The molecule has 0 atom stereocenters. The van der Waals surface area contributed by atoms with Crippen molar-refractivity contribution >= 4 is 10.9 Å². The van der Waals surface area contributed by atoms with Crippen molar-refractivity contribution in [3.63, 3.8) is 0 Å². The minimum Gasteiger partial charge on any atom is -0.489 e. The van der Waals surface area contributed by atoms with E-state index < -0.39 is 0 Å². The third kappa shape index (κ3) is 3.92. The lowest BCUT2D eigenvalue weighted by Crippen LogP contribution is -1.98. The van der Waals surface area contributed by atoms with Gasteiger partial charge in [0.1, 0.15) is 29.9 Å². The Kier molecular flexibility index (Phi) is 5.06. The van der Waals surface area contributed by atoms with Gasteiger partial charge in [-0.15, -0.1) is 0 Å². The summed E-state index contributed by atoms with van der Waals surface area (Å²) in [4.78, 5) is 8.52. The lowest BCUT2D eigenvalue weighted by Gasteiger charge is -2.11. The highest BCUT2D eigenvalue weighted by atomic mass is 19.1. The molecule has 0 aliphatic carbocycles. The van der Waals surface area contributed by atoms with Crippen molar-refractivity contribution < 1.29 is 13.5 Å². The van der Waals surface area contributed by atoms with Crippen molar-refractivity contribution in [1.29, 1.82) is 5.26 Å². The summed E-state index contributed by atoms with van der Waals surface area (Å²) in [6, 6.07) is 19.7. The summed E-state index contributed by atoms with van der Waals surface area (Å²) in [7, 11) is 0. The molecule has 6 heteroatoms. The average Bonchev–Trinajstić information content (AvgIpc) is 3.37. The molecule has 0 fully saturated rings. The van der Waals surface area contributed by atoms with Gasteiger partial charge in [0.05, 0.1) is 18.0 Å². The SMILES string of the molecule is N#Cc1cc(-c2ccoc2)c2ccc(COc3cc(F)cc(-c4cccnc4)c3)cc2n1. The first-order valence-electron chi connectivity index (χ1n) is 9.90. The van der Waals surface area contributed by atoms with Gasteiger partial charge in [-0.1, -0.05) is 18.2 Å². The Morgan fingerprint density at radius 3 is 2.72 bits per heavy atom. The van der Waals surface area contributed by atoms with E-state index in [1.165, 1.54) is 12.1 Å². The number of hydrogen-bond donors (Lipinski definition) is 0. The molecule has 32 heavy (non-hydrogen) atoms. The lowest BCUT2D eigenvalue weighted by atomic mass is 10.0. The number of rotatable bonds is 5. The number of halogens is 1. The van der Waals surface area contributed by atoms with Crippen LogP contribution in [0.5, 0.6) is 5.75 Å². The van der Waals surface area contributed by atoms with Gasteiger partial charge >= 0.3 is 0 Å². The summed E-state index contributed by atoms with van der Waals surface area (Å²) in [6.07, 6.45) is 6.58. The fourth-order valence-corrected chi connectivity index (χ4v) is 3.59. The molecule has 5 aromatic rings. The second-order valence-electron chi connectivity index (χ2n) is 7.24. The van der Waals surface area contributed by atoms with E-state index in [1.54, 1.807) is 43.1 Å². The van der Waals surface area contributed by atoms with Crippen LogP contribution in [0.4, 0.5) is 4.39 Å².